The SMILES string of the molecule is CN(c1ccccc1)c1ccc(-c2ccc(N(c3ccc(-c4ccccc4)cc3)c3ccc4sc5ccccc5c4c3)cc2)cc1.Cc1ccc(N(c2ccccc2)c2ccc(-c3ccc(N(c4ccccc4)c4ccc(-c5ccccc5)cc4)cc3)cc2)cc1.Cc1ccc(N(c2ccccc2)c2ccc(-c3ccc(N(c4ccccc4)c4ccccc4)cc3)cc2)cc1. The van der Waals surface area contributed by atoms with Crippen LogP contribution < -0.4 is 29.4 Å². The summed E-state index contributed by atoms with van der Waals surface area (Å²) in [7, 11) is 2.11. The van der Waals surface area contributed by atoms with E-state index in [9.17, 15) is 0 Å². The molecule has 0 fully saturated rings. The van der Waals surface area contributed by atoms with Crippen molar-refractivity contribution >= 4 is 128 Å². The topological polar surface area (TPSA) is 19.4 Å². The molecule has 0 spiro atoms. The van der Waals surface area contributed by atoms with Gasteiger partial charge in [0.1, 0.15) is 0 Å². The first kappa shape index (κ1) is 83.0. The molecule has 0 radical (unpaired) electrons. The zero-order valence-electron chi connectivity index (χ0n) is 72.8. The average Bonchev–Trinajstić information content (AvgIpc) is 1.59. The summed E-state index contributed by atoms with van der Waals surface area (Å²) in [6, 6.07) is 188. The quantitative estimate of drug-likeness (QED) is 0.0669. The molecule has 21 rings (SSSR count). The number of para-hydroxylation sites is 6. The molecule has 0 saturated heterocycles. The highest BCUT2D eigenvalue weighted by Gasteiger charge is 2.21. The van der Waals surface area contributed by atoms with Crippen LogP contribution in [0.1, 0.15) is 11.1 Å². The van der Waals surface area contributed by atoms with E-state index in [1.165, 1.54) is 92.6 Å². The van der Waals surface area contributed by atoms with Gasteiger partial charge < -0.3 is 29.4 Å². The second-order valence-electron chi connectivity index (χ2n) is 32.3. The largest absolute Gasteiger partial charge is 0.345 e. The predicted octanol–water partition coefficient (Wildman–Crippen LogP) is 35.5. The molecule has 20 aromatic carbocycles. The van der Waals surface area contributed by atoms with Gasteiger partial charge in [0.15, 0.2) is 0 Å². The van der Waals surface area contributed by atoms with E-state index in [1.807, 2.05) is 17.4 Å². The summed E-state index contributed by atoms with van der Waals surface area (Å²) in [4.78, 5) is 13.8. The first-order valence-electron chi connectivity index (χ1n) is 44.2. The van der Waals surface area contributed by atoms with Crippen molar-refractivity contribution in [1.29, 1.82) is 0 Å². The molecule has 0 unspecified atom stereocenters. The fourth-order valence-electron chi connectivity index (χ4n) is 16.9. The van der Waals surface area contributed by atoms with Gasteiger partial charge in [-0.15, -0.1) is 11.3 Å². The highest BCUT2D eigenvalue weighted by Crippen LogP contribution is 2.46. The Morgan fingerprint density at radius 2 is 0.308 bits per heavy atom. The Balaban J connectivity index is 0.000000127. The van der Waals surface area contributed by atoms with E-state index in [4.69, 9.17) is 0 Å². The summed E-state index contributed by atoms with van der Waals surface area (Å²) < 4.78 is 2.62. The fraction of sp³-hybridized carbons (Fsp3) is 0.0244. The van der Waals surface area contributed by atoms with E-state index in [1.54, 1.807) is 0 Å². The Hall–Kier alpha value is -16.6. The van der Waals surface area contributed by atoms with Crippen molar-refractivity contribution in [2.24, 2.45) is 0 Å². The number of thiophene rings is 1. The zero-order chi connectivity index (χ0) is 87.7. The van der Waals surface area contributed by atoms with Crippen molar-refractivity contribution in [2.45, 2.75) is 13.8 Å². The molecule has 7 heteroatoms. The van der Waals surface area contributed by atoms with Crippen LogP contribution in [-0.4, -0.2) is 7.05 Å². The summed E-state index contributed by atoms with van der Waals surface area (Å²) in [5.41, 5.74) is 33.8. The van der Waals surface area contributed by atoms with Crippen LogP contribution in [0.2, 0.25) is 0 Å². The number of anilines is 17. The van der Waals surface area contributed by atoms with Crippen molar-refractivity contribution in [1.82, 2.24) is 0 Å². The van der Waals surface area contributed by atoms with Gasteiger partial charge in [-0.25, -0.2) is 0 Å². The Bertz CT molecular complexity index is 7150. The third-order valence-electron chi connectivity index (χ3n) is 23.8. The Morgan fingerprint density at radius 3 is 0.569 bits per heavy atom. The summed E-state index contributed by atoms with van der Waals surface area (Å²) >= 11 is 1.85. The van der Waals surface area contributed by atoms with Crippen LogP contribution in [0.15, 0.2) is 528 Å². The summed E-state index contributed by atoms with van der Waals surface area (Å²) in [6.07, 6.45) is 0. The molecular weight excluding hydrogens is 1590 g/mol. The van der Waals surface area contributed by atoms with Gasteiger partial charge in [-0.1, -0.05) is 321 Å². The van der Waals surface area contributed by atoms with E-state index in [0.717, 1.165) is 91.0 Å². The van der Waals surface area contributed by atoms with Crippen LogP contribution >= 0.6 is 11.3 Å². The number of nitrogens with zero attached hydrogens (tertiary/aromatic N) is 6. The fourth-order valence-corrected chi connectivity index (χ4v) is 18.0. The molecule has 1 heterocycles. The molecular formula is C123H96N6S. The number of hydrogen-bond donors (Lipinski definition) is 0. The summed E-state index contributed by atoms with van der Waals surface area (Å²) in [6.45, 7) is 4.24. The molecule has 0 aliphatic rings. The molecule has 6 nitrogen and oxygen atoms in total. The van der Waals surface area contributed by atoms with E-state index >= 15 is 0 Å². The second-order valence-corrected chi connectivity index (χ2v) is 33.4. The van der Waals surface area contributed by atoms with Gasteiger partial charge in [-0.3, -0.25) is 0 Å². The number of hydrogen-bond acceptors (Lipinski definition) is 7. The zero-order valence-corrected chi connectivity index (χ0v) is 73.6. The molecule has 0 amide bonds. The van der Waals surface area contributed by atoms with Crippen molar-refractivity contribution in [3.63, 3.8) is 0 Å². The minimum absolute atomic E-state index is 1.11. The molecule has 0 aliphatic heterocycles. The first-order chi connectivity index (χ1) is 64.2. The molecule has 624 valence electrons. The van der Waals surface area contributed by atoms with Crippen LogP contribution in [0.4, 0.5) is 96.7 Å². The van der Waals surface area contributed by atoms with Crippen LogP contribution in [0, 0.1) is 13.8 Å². The van der Waals surface area contributed by atoms with Crippen LogP contribution in [0.5, 0.6) is 0 Å². The van der Waals surface area contributed by atoms with Crippen LogP contribution in [0.3, 0.4) is 0 Å². The van der Waals surface area contributed by atoms with E-state index in [-0.39, 0.29) is 0 Å². The van der Waals surface area contributed by atoms with Gasteiger partial charge in [0.25, 0.3) is 0 Å². The lowest BCUT2D eigenvalue weighted by atomic mass is 10.0. The van der Waals surface area contributed by atoms with E-state index in [2.05, 4.69) is 572 Å². The summed E-state index contributed by atoms with van der Waals surface area (Å²) in [5, 5.41) is 2.60. The molecule has 21 aromatic rings. The van der Waals surface area contributed by atoms with Crippen molar-refractivity contribution in [3.05, 3.63) is 539 Å². The first-order valence-corrected chi connectivity index (χ1v) is 45.0. The number of rotatable bonds is 22. The lowest BCUT2D eigenvalue weighted by Crippen LogP contribution is -2.10. The average molecular weight is 1690 g/mol. The van der Waals surface area contributed by atoms with Gasteiger partial charge in [-0.05, 0) is 288 Å². The van der Waals surface area contributed by atoms with E-state index in [0.29, 0.717) is 0 Å². The highest BCUT2D eigenvalue weighted by atomic mass is 32.1. The van der Waals surface area contributed by atoms with Gasteiger partial charge >= 0.3 is 0 Å². The monoisotopic (exact) mass is 1690 g/mol. The minimum Gasteiger partial charge on any atom is -0.345 e. The predicted molar refractivity (Wildman–Crippen MR) is 557 cm³/mol. The third-order valence-corrected chi connectivity index (χ3v) is 24.9. The van der Waals surface area contributed by atoms with Gasteiger partial charge in [0.05, 0.1) is 0 Å². The maximum absolute atomic E-state index is 2.36. The molecule has 1 aromatic heterocycles. The number of fused-ring (bicyclic) bond motifs is 3. The number of benzene rings is 20. The molecule has 130 heavy (non-hydrogen) atoms. The smallest absolute Gasteiger partial charge is 0.0468 e. The van der Waals surface area contributed by atoms with Crippen LogP contribution in [-0.2, 0) is 0 Å². The van der Waals surface area contributed by atoms with Gasteiger partial charge in [0.2, 0.25) is 0 Å². The molecule has 0 aliphatic carbocycles. The number of aryl methyl sites for hydroxylation is 2. The Labute approximate surface area is 767 Å². The summed E-state index contributed by atoms with van der Waals surface area (Å²) in [5.74, 6) is 0. The van der Waals surface area contributed by atoms with Crippen molar-refractivity contribution in [3.8, 4) is 55.6 Å². The minimum atomic E-state index is 1.11. The molecule has 0 bridgehead atoms. The molecule has 0 N–H and O–H groups in total. The maximum atomic E-state index is 2.36. The third kappa shape index (κ3) is 19.0. The van der Waals surface area contributed by atoms with Gasteiger partial charge in [0, 0.05) is 124 Å². The lowest BCUT2D eigenvalue weighted by molar-refractivity contribution is 1.21. The van der Waals surface area contributed by atoms with Crippen molar-refractivity contribution < 1.29 is 0 Å². The maximum Gasteiger partial charge on any atom is 0.0468 e. The highest BCUT2D eigenvalue weighted by molar-refractivity contribution is 7.25. The Kier molecular flexibility index (Phi) is 25.1. The second kappa shape index (κ2) is 39.3. The molecule has 0 saturated carbocycles. The lowest BCUT2D eigenvalue weighted by Gasteiger charge is -2.26. The Morgan fingerprint density at radius 1 is 0.138 bits per heavy atom. The normalized spacial score (nSPS) is 10.9. The standard InChI is InChI=1S/C43H32N2S.C43H34N2.C37H30N2/c1-44(35-12-6-3-7-13-35)36-22-16-33(17-23-36)34-20-26-38(27-21-34)45(37-24-18-32(19-25-37)31-10-4-2-5-11-31)39-28-29-43-41(30-39)40-14-8-9-15-42(40)46-43;1-33-17-25-40(26-18-33)44(38-13-7-3-8-14-38)41-29-21-36(22-30-41)37-23-31-43(32-24-37)45(39-15-9-4-10-16-39)42-27-19-35(20-28-42)34-11-5-2-6-12-34;1-29-17-23-35(24-18-29)39(34-15-9-4-10-16-34)37-27-21-31(22-28-37)30-19-25-36(26-20-30)38(32-11-5-2-6-12-32)33-13-7-3-8-14-33/h2-30H,1H3;2-32H,1H3;2-28H,1H3. The van der Waals surface area contributed by atoms with Crippen LogP contribution in [0.25, 0.3) is 75.8 Å². The van der Waals surface area contributed by atoms with Crippen molar-refractivity contribution in [2.75, 3.05) is 36.4 Å². The molecule has 0 atom stereocenters. The van der Waals surface area contributed by atoms with Gasteiger partial charge in [-0.2, -0.15) is 0 Å². The van der Waals surface area contributed by atoms with E-state index < -0.39 is 0 Å².